The molecule has 2 N–H and O–H groups in total. The minimum Gasteiger partial charge on any atom is -0.493 e. The van der Waals surface area contributed by atoms with E-state index >= 15 is 0 Å². The molecule has 0 saturated heterocycles. The number of halogens is 1. The van der Waals surface area contributed by atoms with Crippen molar-refractivity contribution in [1.29, 1.82) is 0 Å². The van der Waals surface area contributed by atoms with Gasteiger partial charge in [0.1, 0.15) is 5.75 Å². The molecule has 1 aromatic rings. The van der Waals surface area contributed by atoms with E-state index in [4.69, 9.17) is 9.73 Å². The maximum atomic E-state index is 5.56. The lowest BCUT2D eigenvalue weighted by Gasteiger charge is -2.20. The summed E-state index contributed by atoms with van der Waals surface area (Å²) in [6.45, 7) is 9.91. The number of guanidine groups is 1. The second kappa shape index (κ2) is 10.4. The number of nitrogens with one attached hydrogen (secondary N) is 2. The van der Waals surface area contributed by atoms with Gasteiger partial charge in [-0.2, -0.15) is 11.8 Å². The number of aliphatic imine (C=N–C) groups is 1. The highest BCUT2D eigenvalue weighted by Gasteiger charge is 2.15. The van der Waals surface area contributed by atoms with Gasteiger partial charge in [0.15, 0.2) is 5.96 Å². The van der Waals surface area contributed by atoms with E-state index in [0.29, 0.717) is 0 Å². The van der Waals surface area contributed by atoms with Crippen molar-refractivity contribution in [3.8, 4) is 5.75 Å². The molecular weight excluding hydrogens is 433 g/mol. The molecule has 0 aliphatic carbocycles. The van der Waals surface area contributed by atoms with Crippen molar-refractivity contribution in [2.75, 3.05) is 32.5 Å². The number of benzene rings is 1. The maximum absolute atomic E-state index is 5.56. The lowest BCUT2D eigenvalue weighted by atomic mass is 10.1. The summed E-state index contributed by atoms with van der Waals surface area (Å²) in [7, 11) is 0. The SMILES string of the molecule is CCNC(=NCC(C)(C)SC)NCCc1ccc2c(c1)CCO2.I. The van der Waals surface area contributed by atoms with Crippen LogP contribution < -0.4 is 15.4 Å². The summed E-state index contributed by atoms with van der Waals surface area (Å²) < 4.78 is 5.72. The summed E-state index contributed by atoms with van der Waals surface area (Å²) in [5.74, 6) is 1.95. The molecule has 0 bridgehead atoms. The second-order valence-corrected chi connectivity index (χ2v) is 7.89. The van der Waals surface area contributed by atoms with Crippen LogP contribution in [0.15, 0.2) is 23.2 Å². The molecule has 1 aliphatic heterocycles. The van der Waals surface area contributed by atoms with E-state index in [1.165, 1.54) is 11.1 Å². The van der Waals surface area contributed by atoms with Crippen molar-refractivity contribution in [1.82, 2.24) is 10.6 Å². The largest absolute Gasteiger partial charge is 0.493 e. The first-order chi connectivity index (χ1) is 11.0. The van der Waals surface area contributed by atoms with Gasteiger partial charge in [-0.3, -0.25) is 4.99 Å². The molecule has 0 unspecified atom stereocenters. The Morgan fingerprint density at radius 2 is 2.12 bits per heavy atom. The van der Waals surface area contributed by atoms with Gasteiger partial charge in [-0.1, -0.05) is 12.1 Å². The number of nitrogens with zero attached hydrogens (tertiary/aromatic N) is 1. The predicted octanol–water partition coefficient (Wildman–Crippen LogP) is 3.48. The highest BCUT2D eigenvalue weighted by Crippen LogP contribution is 2.25. The van der Waals surface area contributed by atoms with Crippen LogP contribution in [0.2, 0.25) is 0 Å². The van der Waals surface area contributed by atoms with Crippen molar-refractivity contribution in [2.24, 2.45) is 4.99 Å². The Labute approximate surface area is 167 Å². The lowest BCUT2D eigenvalue weighted by Crippen LogP contribution is -2.39. The fraction of sp³-hybridized carbons (Fsp3) is 0.611. The molecule has 0 spiro atoms. The molecule has 0 saturated carbocycles. The van der Waals surface area contributed by atoms with Gasteiger partial charge in [-0.05, 0) is 50.6 Å². The topological polar surface area (TPSA) is 45.7 Å². The van der Waals surface area contributed by atoms with E-state index < -0.39 is 0 Å². The molecule has 0 atom stereocenters. The Balaban J connectivity index is 0.00000288. The summed E-state index contributed by atoms with van der Waals surface area (Å²) in [5, 5.41) is 6.75. The van der Waals surface area contributed by atoms with E-state index in [1.54, 1.807) is 0 Å². The third kappa shape index (κ3) is 6.70. The van der Waals surface area contributed by atoms with Crippen molar-refractivity contribution >= 4 is 41.7 Å². The molecular formula is C18H30IN3OS. The molecule has 0 amide bonds. The Hall–Kier alpha value is -0.630. The zero-order valence-corrected chi connectivity index (χ0v) is 18.3. The minimum atomic E-state index is 0. The molecule has 0 aromatic heterocycles. The molecule has 1 aliphatic rings. The summed E-state index contributed by atoms with van der Waals surface area (Å²) in [6, 6.07) is 6.52. The third-order valence-electron chi connectivity index (χ3n) is 3.97. The number of ether oxygens (including phenoxy) is 1. The van der Waals surface area contributed by atoms with Gasteiger partial charge in [0, 0.05) is 24.3 Å². The molecule has 1 aromatic carbocycles. The fourth-order valence-corrected chi connectivity index (χ4v) is 2.59. The predicted molar refractivity (Wildman–Crippen MR) is 116 cm³/mol. The fourth-order valence-electron chi connectivity index (χ4n) is 2.40. The van der Waals surface area contributed by atoms with Gasteiger partial charge in [0.2, 0.25) is 0 Å². The number of rotatable bonds is 7. The molecule has 136 valence electrons. The minimum absolute atomic E-state index is 0. The monoisotopic (exact) mass is 463 g/mol. The first kappa shape index (κ1) is 21.4. The van der Waals surface area contributed by atoms with Crippen LogP contribution in [0.5, 0.6) is 5.75 Å². The van der Waals surface area contributed by atoms with E-state index in [2.05, 4.69) is 55.9 Å². The molecule has 1 heterocycles. The first-order valence-corrected chi connectivity index (χ1v) is 9.58. The van der Waals surface area contributed by atoms with Crippen LogP contribution in [0.25, 0.3) is 0 Å². The summed E-state index contributed by atoms with van der Waals surface area (Å²) in [4.78, 5) is 4.70. The second-order valence-electron chi connectivity index (χ2n) is 6.38. The normalized spacial score (nSPS) is 13.8. The van der Waals surface area contributed by atoms with Crippen molar-refractivity contribution in [3.63, 3.8) is 0 Å². The van der Waals surface area contributed by atoms with Crippen molar-refractivity contribution in [3.05, 3.63) is 29.3 Å². The molecule has 4 nitrogen and oxygen atoms in total. The third-order valence-corrected chi connectivity index (χ3v) is 5.21. The van der Waals surface area contributed by atoms with Crippen LogP contribution in [0.4, 0.5) is 0 Å². The van der Waals surface area contributed by atoms with Gasteiger partial charge < -0.3 is 15.4 Å². The Morgan fingerprint density at radius 1 is 1.33 bits per heavy atom. The van der Waals surface area contributed by atoms with E-state index in [0.717, 1.165) is 50.8 Å². The lowest BCUT2D eigenvalue weighted by molar-refractivity contribution is 0.357. The Kier molecular flexibility index (Phi) is 9.26. The van der Waals surface area contributed by atoms with E-state index in [1.807, 2.05) is 11.8 Å². The average Bonchev–Trinajstić information content (AvgIpc) is 3.00. The Bertz CT molecular complexity index is 549. The average molecular weight is 463 g/mol. The van der Waals surface area contributed by atoms with Crippen LogP contribution in [0, 0.1) is 0 Å². The summed E-state index contributed by atoms with van der Waals surface area (Å²) in [5.41, 5.74) is 2.69. The number of fused-ring (bicyclic) bond motifs is 1. The van der Waals surface area contributed by atoms with Crippen LogP contribution in [0.3, 0.4) is 0 Å². The first-order valence-electron chi connectivity index (χ1n) is 8.36. The van der Waals surface area contributed by atoms with Crippen molar-refractivity contribution in [2.45, 2.75) is 38.4 Å². The van der Waals surface area contributed by atoms with Gasteiger partial charge >= 0.3 is 0 Å². The number of thioether (sulfide) groups is 1. The summed E-state index contributed by atoms with van der Waals surface area (Å²) in [6.07, 6.45) is 4.15. The zero-order chi connectivity index (χ0) is 16.7. The van der Waals surface area contributed by atoms with Gasteiger partial charge in [-0.25, -0.2) is 0 Å². The highest BCUT2D eigenvalue weighted by atomic mass is 127. The molecule has 0 radical (unpaired) electrons. The Morgan fingerprint density at radius 3 is 2.83 bits per heavy atom. The quantitative estimate of drug-likeness (QED) is 0.369. The van der Waals surface area contributed by atoms with Gasteiger partial charge in [0.25, 0.3) is 0 Å². The molecule has 2 rings (SSSR count). The highest BCUT2D eigenvalue weighted by molar-refractivity contribution is 14.0. The van der Waals surface area contributed by atoms with E-state index in [9.17, 15) is 0 Å². The molecule has 6 heteroatoms. The van der Waals surface area contributed by atoms with Gasteiger partial charge in [-0.15, -0.1) is 24.0 Å². The summed E-state index contributed by atoms with van der Waals surface area (Å²) >= 11 is 1.84. The molecule has 24 heavy (non-hydrogen) atoms. The van der Waals surface area contributed by atoms with Gasteiger partial charge in [0.05, 0.1) is 13.2 Å². The van der Waals surface area contributed by atoms with E-state index in [-0.39, 0.29) is 28.7 Å². The number of hydrogen-bond acceptors (Lipinski definition) is 3. The smallest absolute Gasteiger partial charge is 0.191 e. The standard InChI is InChI=1S/C18H29N3OS.HI/c1-5-19-17(21-13-18(2,3)23-4)20-10-8-14-6-7-16-15(12-14)9-11-22-16;/h6-7,12H,5,8-11,13H2,1-4H3,(H2,19,20,21);1H. The van der Waals surface area contributed by atoms with Crippen LogP contribution in [-0.2, 0) is 12.8 Å². The van der Waals surface area contributed by atoms with Crippen LogP contribution in [0.1, 0.15) is 31.9 Å². The number of hydrogen-bond donors (Lipinski definition) is 2. The van der Waals surface area contributed by atoms with Crippen molar-refractivity contribution < 1.29 is 4.74 Å². The van der Waals surface area contributed by atoms with Crippen LogP contribution in [-0.4, -0.2) is 43.2 Å². The maximum Gasteiger partial charge on any atom is 0.191 e. The van der Waals surface area contributed by atoms with Crippen LogP contribution >= 0.6 is 35.7 Å². The molecule has 0 fully saturated rings. The zero-order valence-electron chi connectivity index (χ0n) is 15.1.